The van der Waals surface area contributed by atoms with Gasteiger partial charge in [0, 0.05) is 17.3 Å². The zero-order valence-electron chi connectivity index (χ0n) is 18.5. The summed E-state index contributed by atoms with van der Waals surface area (Å²) in [5.41, 5.74) is 3.42. The van der Waals surface area contributed by atoms with Gasteiger partial charge in [0.2, 0.25) is 0 Å². The molecule has 6 nitrogen and oxygen atoms in total. The van der Waals surface area contributed by atoms with Gasteiger partial charge < -0.3 is 9.64 Å². The summed E-state index contributed by atoms with van der Waals surface area (Å²) in [6.07, 6.45) is 2.78. The highest BCUT2D eigenvalue weighted by atomic mass is 32.2. The molecular weight excluding hydrogens is 400 g/mol. The number of fused-ring (bicyclic) bond motifs is 1. The summed E-state index contributed by atoms with van der Waals surface area (Å²) in [6, 6.07) is 6.59. The number of hydrogen-bond acceptors (Lipinski definition) is 6. The van der Waals surface area contributed by atoms with E-state index < -0.39 is 17.1 Å². The van der Waals surface area contributed by atoms with Gasteiger partial charge in [-0.2, -0.15) is 0 Å². The number of rotatable bonds is 5. The summed E-state index contributed by atoms with van der Waals surface area (Å²) in [5.74, 6) is -0.647. The van der Waals surface area contributed by atoms with E-state index >= 15 is 0 Å². The van der Waals surface area contributed by atoms with Crippen LogP contribution in [0.3, 0.4) is 0 Å². The van der Waals surface area contributed by atoms with E-state index in [-0.39, 0.29) is 18.7 Å². The highest BCUT2D eigenvalue weighted by Gasteiger charge is 2.38. The van der Waals surface area contributed by atoms with Crippen LogP contribution in [0.25, 0.3) is 6.08 Å². The van der Waals surface area contributed by atoms with E-state index in [4.69, 9.17) is 4.74 Å². The van der Waals surface area contributed by atoms with E-state index in [0.717, 1.165) is 28.6 Å². The van der Waals surface area contributed by atoms with Crippen LogP contribution in [0.15, 0.2) is 23.1 Å². The fraction of sp³-hybridized carbons (Fsp3) is 0.522. The number of nitrogens with zero attached hydrogens (tertiary/aromatic N) is 2. The van der Waals surface area contributed by atoms with Gasteiger partial charge in [0.05, 0.1) is 11.5 Å². The Kier molecular flexibility index (Phi) is 6.32. The van der Waals surface area contributed by atoms with Gasteiger partial charge in [-0.3, -0.25) is 19.3 Å². The van der Waals surface area contributed by atoms with Crippen molar-refractivity contribution in [3.05, 3.63) is 34.2 Å². The molecule has 0 spiro atoms. The molecule has 3 rings (SSSR count). The zero-order valence-corrected chi connectivity index (χ0v) is 19.3. The monoisotopic (exact) mass is 430 g/mol. The molecule has 162 valence electrons. The minimum Gasteiger partial charge on any atom is -0.465 e. The number of esters is 1. The molecule has 2 amide bonds. The molecule has 0 N–H and O–H groups in total. The van der Waals surface area contributed by atoms with E-state index in [0.29, 0.717) is 16.9 Å². The summed E-state index contributed by atoms with van der Waals surface area (Å²) in [7, 11) is 0. The summed E-state index contributed by atoms with van der Waals surface area (Å²) in [4.78, 5) is 40.3. The van der Waals surface area contributed by atoms with E-state index in [1.54, 1.807) is 13.0 Å². The maximum atomic E-state index is 12.6. The fourth-order valence-electron chi connectivity index (χ4n) is 4.66. The zero-order chi connectivity index (χ0) is 22.2. The largest absolute Gasteiger partial charge is 0.465 e. The molecule has 2 aliphatic rings. The van der Waals surface area contributed by atoms with Crippen LogP contribution in [0, 0.1) is 0 Å². The van der Waals surface area contributed by atoms with Gasteiger partial charge in [0.15, 0.2) is 0 Å². The lowest BCUT2D eigenvalue weighted by Gasteiger charge is -2.50. The average Bonchev–Trinajstić information content (AvgIpc) is 2.89. The Hall–Kier alpha value is -2.28. The first-order chi connectivity index (χ1) is 14.0. The maximum Gasteiger partial charge on any atom is 0.326 e. The number of anilines is 1. The molecule has 0 aliphatic carbocycles. The second-order valence-electron chi connectivity index (χ2n) is 8.77. The number of carbonyl (C=O) groups is 3. The Bertz CT molecular complexity index is 906. The number of imide groups is 1. The third-order valence-electron chi connectivity index (χ3n) is 5.58. The number of benzene rings is 1. The number of hydrogen-bond donors (Lipinski definition) is 0. The van der Waals surface area contributed by atoms with Crippen LogP contribution in [0.4, 0.5) is 10.5 Å². The van der Waals surface area contributed by atoms with Crippen LogP contribution in [0.2, 0.25) is 0 Å². The van der Waals surface area contributed by atoms with Crippen molar-refractivity contribution in [1.82, 2.24) is 4.90 Å². The molecule has 2 heterocycles. The van der Waals surface area contributed by atoms with Crippen LogP contribution in [-0.2, 0) is 14.3 Å². The lowest BCUT2D eigenvalue weighted by Crippen LogP contribution is -2.51. The van der Waals surface area contributed by atoms with Gasteiger partial charge >= 0.3 is 5.97 Å². The van der Waals surface area contributed by atoms with Crippen LogP contribution >= 0.6 is 11.8 Å². The van der Waals surface area contributed by atoms with E-state index in [9.17, 15) is 14.4 Å². The van der Waals surface area contributed by atoms with Crippen molar-refractivity contribution in [2.45, 2.75) is 65.5 Å². The average molecular weight is 431 g/mol. The smallest absolute Gasteiger partial charge is 0.326 e. The molecule has 1 fully saturated rings. The molecule has 0 radical (unpaired) electrons. The molecule has 1 aromatic carbocycles. The molecule has 0 unspecified atom stereocenters. The fourth-order valence-corrected chi connectivity index (χ4v) is 5.50. The molecule has 1 aromatic rings. The number of carbonyl (C=O) groups excluding carboxylic acids is 3. The number of ether oxygens (including phenoxy) is 1. The first kappa shape index (κ1) is 22.4. The van der Waals surface area contributed by atoms with Crippen LogP contribution < -0.4 is 4.90 Å². The minimum absolute atomic E-state index is 0.0673. The summed E-state index contributed by atoms with van der Waals surface area (Å²) < 4.78 is 4.86. The van der Waals surface area contributed by atoms with Gasteiger partial charge in [-0.25, -0.2) is 0 Å². The summed E-state index contributed by atoms with van der Waals surface area (Å²) in [6.45, 7) is 12.7. The highest BCUT2D eigenvalue weighted by molar-refractivity contribution is 8.18. The maximum absolute atomic E-state index is 12.6. The Morgan fingerprint density at radius 3 is 2.67 bits per heavy atom. The molecule has 1 atom stereocenters. The molecule has 30 heavy (non-hydrogen) atoms. The lowest BCUT2D eigenvalue weighted by atomic mass is 9.79. The molecule has 7 heteroatoms. The molecule has 0 aromatic heterocycles. The molecule has 0 saturated carbocycles. The van der Waals surface area contributed by atoms with Crippen molar-refractivity contribution < 1.29 is 19.1 Å². The summed E-state index contributed by atoms with van der Waals surface area (Å²) in [5, 5.41) is -0.446. The van der Waals surface area contributed by atoms with Crippen molar-refractivity contribution >= 4 is 40.6 Å². The van der Waals surface area contributed by atoms with Crippen molar-refractivity contribution in [2.24, 2.45) is 0 Å². The third kappa shape index (κ3) is 4.26. The number of amides is 2. The van der Waals surface area contributed by atoms with E-state index in [1.807, 2.05) is 6.07 Å². The Morgan fingerprint density at radius 1 is 1.33 bits per heavy atom. The van der Waals surface area contributed by atoms with Crippen molar-refractivity contribution in [3.63, 3.8) is 0 Å². The predicted molar refractivity (Wildman–Crippen MR) is 120 cm³/mol. The van der Waals surface area contributed by atoms with Crippen molar-refractivity contribution in [1.29, 1.82) is 0 Å². The molecule has 2 aliphatic heterocycles. The normalized spacial score (nSPS) is 22.1. The standard InChI is InChI=1S/C23H30N2O4S/c1-7-29-20(26)13-24-21(27)19(30-22(24)28)11-16-8-9-18-17(10-16)15(4)12-23(5,6)25(18)14(2)3/h8-11,14-15H,7,12-13H2,1-6H3/b19-11+/t15-/m1/s1. The number of thioether (sulfide) groups is 1. The third-order valence-corrected chi connectivity index (χ3v) is 6.49. The van der Waals surface area contributed by atoms with Gasteiger partial charge in [0.1, 0.15) is 6.54 Å². The molecule has 1 saturated heterocycles. The molecule has 0 bridgehead atoms. The van der Waals surface area contributed by atoms with Crippen LogP contribution in [0.5, 0.6) is 0 Å². The first-order valence-corrected chi connectivity index (χ1v) is 11.2. The van der Waals surface area contributed by atoms with Gasteiger partial charge in [-0.05, 0) is 88.1 Å². The lowest BCUT2D eigenvalue weighted by molar-refractivity contribution is -0.145. The first-order valence-electron chi connectivity index (χ1n) is 10.4. The highest BCUT2D eigenvalue weighted by Crippen LogP contribution is 2.45. The van der Waals surface area contributed by atoms with Crippen LogP contribution in [0.1, 0.15) is 65.0 Å². The Balaban J connectivity index is 1.89. The Labute approximate surface area is 182 Å². The van der Waals surface area contributed by atoms with E-state index in [1.165, 1.54) is 11.3 Å². The van der Waals surface area contributed by atoms with Gasteiger partial charge in [0.25, 0.3) is 11.1 Å². The Morgan fingerprint density at radius 2 is 2.03 bits per heavy atom. The topological polar surface area (TPSA) is 66.9 Å². The van der Waals surface area contributed by atoms with Crippen molar-refractivity contribution in [3.8, 4) is 0 Å². The van der Waals surface area contributed by atoms with E-state index in [2.05, 4.69) is 51.7 Å². The van der Waals surface area contributed by atoms with Crippen molar-refractivity contribution in [2.75, 3.05) is 18.1 Å². The summed E-state index contributed by atoms with van der Waals surface area (Å²) >= 11 is 0.860. The predicted octanol–water partition coefficient (Wildman–Crippen LogP) is 4.79. The SMILES string of the molecule is CCOC(=O)CN1C(=O)S/C(=C/c2ccc3c(c2)[C@H](C)CC(C)(C)N3C(C)C)C1=O. The minimum atomic E-state index is -0.583. The quantitative estimate of drug-likeness (QED) is 0.494. The molecular formula is C23H30N2O4S. The van der Waals surface area contributed by atoms with Gasteiger partial charge in [-0.1, -0.05) is 13.0 Å². The second kappa shape index (κ2) is 8.46. The van der Waals surface area contributed by atoms with Crippen LogP contribution in [-0.4, -0.2) is 46.7 Å². The van der Waals surface area contributed by atoms with Gasteiger partial charge in [-0.15, -0.1) is 0 Å². The second-order valence-corrected chi connectivity index (χ2v) is 9.77.